The number of benzene rings is 1. The van der Waals surface area contributed by atoms with Gasteiger partial charge in [-0.3, -0.25) is 4.57 Å². The third kappa shape index (κ3) is 4.75. The summed E-state index contributed by atoms with van der Waals surface area (Å²) in [5.41, 5.74) is 3.91. The first-order chi connectivity index (χ1) is 16.1. The number of hydrogen-bond donors (Lipinski definition) is 1. The van der Waals surface area contributed by atoms with Gasteiger partial charge in [-0.2, -0.15) is 15.0 Å². The van der Waals surface area contributed by atoms with Crippen LogP contribution < -0.4 is 10.2 Å². The third-order valence-corrected chi connectivity index (χ3v) is 5.82. The van der Waals surface area contributed by atoms with E-state index in [9.17, 15) is 0 Å². The Kier molecular flexibility index (Phi) is 7.03. The smallest absolute Gasteiger partial charge is 0.240 e. The maximum absolute atomic E-state index is 5.74. The molecule has 4 rings (SSSR count). The highest BCUT2D eigenvalue weighted by Crippen LogP contribution is 2.30. The molecule has 3 aromatic rings. The lowest BCUT2D eigenvalue weighted by Crippen LogP contribution is -2.42. The lowest BCUT2D eigenvalue weighted by molar-refractivity contribution is 0.0526. The molecule has 8 heteroatoms. The number of rotatable bonds is 8. The molecule has 1 saturated heterocycles. The quantitative estimate of drug-likeness (QED) is 0.555. The number of imidazole rings is 1. The topological polar surface area (TPSA) is 81.0 Å². The van der Waals surface area contributed by atoms with Crippen molar-refractivity contribution in [2.75, 3.05) is 37.0 Å². The number of nitrogens with zero attached hydrogens (tertiary/aromatic N) is 6. The number of aryl methyl sites for hydroxylation is 2. The Bertz CT molecular complexity index is 1120. The molecule has 174 valence electrons. The van der Waals surface area contributed by atoms with E-state index in [4.69, 9.17) is 24.7 Å². The number of aromatic nitrogens is 5. The van der Waals surface area contributed by atoms with Gasteiger partial charge in [0.05, 0.1) is 18.4 Å². The minimum Gasteiger partial charge on any atom is -0.388 e. The van der Waals surface area contributed by atoms with Gasteiger partial charge in [-0.15, -0.1) is 0 Å². The predicted octanol–water partition coefficient (Wildman–Crippen LogP) is 4.15. The van der Waals surface area contributed by atoms with Gasteiger partial charge >= 0.3 is 0 Å². The molecule has 0 bridgehead atoms. The average Bonchev–Trinajstić information content (AvgIpc) is 3.26. The molecule has 1 N–H and O–H groups in total. The molecule has 33 heavy (non-hydrogen) atoms. The van der Waals surface area contributed by atoms with Crippen molar-refractivity contribution < 1.29 is 4.74 Å². The van der Waals surface area contributed by atoms with E-state index in [0.717, 1.165) is 60.7 Å². The van der Waals surface area contributed by atoms with E-state index in [-0.39, 0.29) is 6.10 Å². The molecule has 2 aromatic heterocycles. The van der Waals surface area contributed by atoms with Gasteiger partial charge in [0, 0.05) is 49.6 Å². The van der Waals surface area contributed by atoms with Crippen LogP contribution in [0.4, 0.5) is 11.6 Å². The molecule has 0 radical (unpaired) electrons. The van der Waals surface area contributed by atoms with Gasteiger partial charge in [0.15, 0.2) is 5.82 Å². The molecule has 0 amide bonds. The SMILES string of the molecule is C=Cc1c(NC)cccc1-c1nc(N2CCOC(C)C2)nc(-n2cc(CCC)nc2CC)n1. The summed E-state index contributed by atoms with van der Waals surface area (Å²) in [6, 6.07) is 6.05. The van der Waals surface area contributed by atoms with Crippen LogP contribution in [0, 0.1) is 0 Å². The number of hydrogen-bond acceptors (Lipinski definition) is 7. The summed E-state index contributed by atoms with van der Waals surface area (Å²) in [6.07, 6.45) is 6.78. The Morgan fingerprint density at radius 2 is 2.00 bits per heavy atom. The van der Waals surface area contributed by atoms with E-state index >= 15 is 0 Å². The maximum Gasteiger partial charge on any atom is 0.240 e. The Labute approximate surface area is 195 Å². The standard InChI is InChI=1S/C25H33N7O/c1-6-10-18-16-32(22(8-3)27-18)25-29-23(20-11-9-12-21(26-5)19(20)7-2)28-24(30-25)31-13-14-33-17(4)15-31/h7,9,11-12,16-17,26H,2,6,8,10,13-15H2,1,3-5H3. The normalized spacial score (nSPS) is 16.1. The van der Waals surface area contributed by atoms with E-state index in [1.807, 2.05) is 35.9 Å². The molecule has 3 heterocycles. The van der Waals surface area contributed by atoms with Crippen molar-refractivity contribution in [3.63, 3.8) is 0 Å². The van der Waals surface area contributed by atoms with Gasteiger partial charge in [0.25, 0.3) is 0 Å². The van der Waals surface area contributed by atoms with Crippen LogP contribution in [0.25, 0.3) is 23.4 Å². The zero-order valence-electron chi connectivity index (χ0n) is 20.0. The number of morpholine rings is 1. The van der Waals surface area contributed by atoms with Crippen LogP contribution in [0.1, 0.15) is 44.3 Å². The summed E-state index contributed by atoms with van der Waals surface area (Å²) < 4.78 is 7.76. The fourth-order valence-corrected chi connectivity index (χ4v) is 4.19. The van der Waals surface area contributed by atoms with E-state index in [1.54, 1.807) is 0 Å². The molecule has 1 atom stereocenters. The van der Waals surface area contributed by atoms with Crippen molar-refractivity contribution in [1.29, 1.82) is 0 Å². The molecule has 1 fully saturated rings. The van der Waals surface area contributed by atoms with Crippen molar-refractivity contribution >= 4 is 17.7 Å². The number of ether oxygens (including phenoxy) is 1. The lowest BCUT2D eigenvalue weighted by atomic mass is 10.0. The molecule has 1 aliphatic heterocycles. The second kappa shape index (κ2) is 10.1. The zero-order valence-corrected chi connectivity index (χ0v) is 20.0. The van der Waals surface area contributed by atoms with Crippen LogP contribution in [-0.2, 0) is 17.6 Å². The zero-order chi connectivity index (χ0) is 23.4. The van der Waals surface area contributed by atoms with Crippen LogP contribution in [0.15, 0.2) is 31.0 Å². The van der Waals surface area contributed by atoms with Crippen molar-refractivity contribution in [1.82, 2.24) is 24.5 Å². The monoisotopic (exact) mass is 447 g/mol. The highest BCUT2D eigenvalue weighted by atomic mass is 16.5. The van der Waals surface area contributed by atoms with Gasteiger partial charge in [-0.25, -0.2) is 4.98 Å². The van der Waals surface area contributed by atoms with E-state index in [0.29, 0.717) is 24.3 Å². The van der Waals surface area contributed by atoms with Crippen LogP contribution in [0.5, 0.6) is 0 Å². The van der Waals surface area contributed by atoms with Crippen LogP contribution in [0.2, 0.25) is 0 Å². The first-order valence-electron chi connectivity index (χ1n) is 11.7. The van der Waals surface area contributed by atoms with E-state index in [2.05, 4.69) is 43.8 Å². The molecule has 1 unspecified atom stereocenters. The minimum absolute atomic E-state index is 0.120. The van der Waals surface area contributed by atoms with Crippen molar-refractivity contribution in [2.45, 2.75) is 46.1 Å². The van der Waals surface area contributed by atoms with Gasteiger partial charge in [-0.05, 0) is 19.4 Å². The fraction of sp³-hybridized carbons (Fsp3) is 0.440. The first-order valence-corrected chi connectivity index (χ1v) is 11.7. The molecular weight excluding hydrogens is 414 g/mol. The van der Waals surface area contributed by atoms with E-state index in [1.165, 1.54) is 0 Å². The molecule has 1 aliphatic rings. The Balaban J connectivity index is 1.90. The first kappa shape index (κ1) is 22.9. The lowest BCUT2D eigenvalue weighted by Gasteiger charge is -2.31. The molecular formula is C25H33N7O. The summed E-state index contributed by atoms with van der Waals surface area (Å²) in [5, 5.41) is 3.24. The van der Waals surface area contributed by atoms with Crippen molar-refractivity contribution in [2.24, 2.45) is 0 Å². The number of anilines is 2. The summed E-state index contributed by atoms with van der Waals surface area (Å²) >= 11 is 0. The van der Waals surface area contributed by atoms with Crippen molar-refractivity contribution in [3.8, 4) is 17.3 Å². The molecule has 1 aromatic carbocycles. The minimum atomic E-state index is 0.120. The molecule has 8 nitrogen and oxygen atoms in total. The Hall–Kier alpha value is -3.26. The van der Waals surface area contributed by atoms with Crippen LogP contribution >= 0.6 is 0 Å². The predicted molar refractivity (Wildman–Crippen MR) is 133 cm³/mol. The second-order valence-corrected chi connectivity index (χ2v) is 8.23. The third-order valence-electron chi connectivity index (χ3n) is 5.82. The molecule has 0 aliphatic carbocycles. The van der Waals surface area contributed by atoms with Crippen LogP contribution in [-0.4, -0.2) is 57.4 Å². The van der Waals surface area contributed by atoms with Gasteiger partial charge < -0.3 is 15.0 Å². The summed E-state index contributed by atoms with van der Waals surface area (Å²) in [5.74, 6) is 2.81. The highest BCUT2D eigenvalue weighted by Gasteiger charge is 2.23. The summed E-state index contributed by atoms with van der Waals surface area (Å²) in [4.78, 5) is 21.7. The highest BCUT2D eigenvalue weighted by molar-refractivity contribution is 5.80. The van der Waals surface area contributed by atoms with Crippen LogP contribution in [0.3, 0.4) is 0 Å². The number of nitrogens with one attached hydrogen (secondary N) is 1. The summed E-state index contributed by atoms with van der Waals surface area (Å²) in [7, 11) is 1.90. The Morgan fingerprint density at radius 1 is 1.18 bits per heavy atom. The second-order valence-electron chi connectivity index (χ2n) is 8.23. The van der Waals surface area contributed by atoms with Gasteiger partial charge in [0.1, 0.15) is 5.82 Å². The van der Waals surface area contributed by atoms with Crippen molar-refractivity contribution in [3.05, 3.63) is 48.1 Å². The van der Waals surface area contributed by atoms with E-state index < -0.39 is 0 Å². The summed E-state index contributed by atoms with van der Waals surface area (Å²) in [6.45, 7) is 12.5. The Morgan fingerprint density at radius 3 is 2.70 bits per heavy atom. The largest absolute Gasteiger partial charge is 0.388 e. The molecule has 0 saturated carbocycles. The van der Waals surface area contributed by atoms with Gasteiger partial charge in [0.2, 0.25) is 11.9 Å². The van der Waals surface area contributed by atoms with Gasteiger partial charge in [-0.1, -0.05) is 45.1 Å². The maximum atomic E-state index is 5.74. The average molecular weight is 448 g/mol. The fourth-order valence-electron chi connectivity index (χ4n) is 4.19. The molecule has 0 spiro atoms.